The van der Waals surface area contributed by atoms with Crippen molar-refractivity contribution in [2.45, 2.75) is 49.5 Å². The number of aryl methyl sites for hydroxylation is 1. The van der Waals surface area contributed by atoms with Gasteiger partial charge < -0.3 is 4.90 Å². The van der Waals surface area contributed by atoms with Gasteiger partial charge in [-0.15, -0.1) is 0 Å². The minimum atomic E-state index is -5.15. The van der Waals surface area contributed by atoms with E-state index in [0.29, 0.717) is 23.3 Å². The number of benzene rings is 4. The molecule has 238 valence electrons. The third-order valence-corrected chi connectivity index (χ3v) is 8.86. The highest BCUT2D eigenvalue weighted by Crippen LogP contribution is 2.36. The van der Waals surface area contributed by atoms with Gasteiger partial charge in [-0.1, -0.05) is 60.7 Å². The summed E-state index contributed by atoms with van der Waals surface area (Å²) in [5.41, 5.74) is -3.04. The van der Waals surface area contributed by atoms with Crippen LogP contribution in [0.4, 0.5) is 26.3 Å². The van der Waals surface area contributed by atoms with E-state index < -0.39 is 63.3 Å². The quantitative estimate of drug-likeness (QED) is 0.195. The Kier molecular flexibility index (Phi) is 9.62. The first kappa shape index (κ1) is 33.5. The number of rotatable bonds is 9. The molecule has 0 saturated heterocycles. The number of nitrogens with zero attached hydrogens (tertiary/aromatic N) is 1. The number of sulfonamides is 1. The molecule has 0 aliphatic carbocycles. The molecule has 0 bridgehead atoms. The number of hydrogen-bond donors (Lipinski definition) is 1. The Morgan fingerprint density at radius 2 is 1.38 bits per heavy atom. The number of carbonyl (C=O) groups excluding carboxylic acids is 2. The molecule has 1 atom stereocenters. The van der Waals surface area contributed by atoms with Crippen molar-refractivity contribution in [3.8, 4) is 0 Å². The summed E-state index contributed by atoms with van der Waals surface area (Å²) >= 11 is 0. The van der Waals surface area contributed by atoms with Gasteiger partial charge in [-0.3, -0.25) is 9.59 Å². The normalized spacial score (nSPS) is 13.0. The second-order valence-electron chi connectivity index (χ2n) is 10.6. The molecule has 1 unspecified atom stereocenters. The third-order valence-electron chi connectivity index (χ3n) is 7.32. The number of halogens is 6. The van der Waals surface area contributed by atoms with Crippen molar-refractivity contribution in [2.75, 3.05) is 7.05 Å². The monoisotopic (exact) mass is 650 g/mol. The molecule has 0 saturated carbocycles. The van der Waals surface area contributed by atoms with Crippen molar-refractivity contribution < 1.29 is 44.3 Å². The van der Waals surface area contributed by atoms with Gasteiger partial charge in [-0.05, 0) is 65.9 Å². The van der Waals surface area contributed by atoms with Gasteiger partial charge in [0.05, 0.1) is 16.0 Å². The van der Waals surface area contributed by atoms with Gasteiger partial charge in [-0.25, -0.2) is 13.1 Å². The van der Waals surface area contributed by atoms with Crippen LogP contribution in [0.3, 0.4) is 0 Å². The molecule has 6 nitrogen and oxygen atoms in total. The molecule has 0 spiro atoms. The number of fused-ring (bicyclic) bond motifs is 1. The van der Waals surface area contributed by atoms with Crippen LogP contribution in [0.5, 0.6) is 0 Å². The van der Waals surface area contributed by atoms with Gasteiger partial charge in [0.2, 0.25) is 5.91 Å². The molecule has 0 heterocycles. The fourth-order valence-corrected chi connectivity index (χ4v) is 6.19. The third kappa shape index (κ3) is 8.21. The van der Waals surface area contributed by atoms with E-state index in [4.69, 9.17) is 0 Å². The topological polar surface area (TPSA) is 83.6 Å². The maximum absolute atomic E-state index is 13.5. The average Bonchev–Trinajstić information content (AvgIpc) is 2.97. The first-order valence-corrected chi connectivity index (χ1v) is 15.1. The Balaban J connectivity index is 1.64. The zero-order chi connectivity index (χ0) is 33.2. The predicted molar refractivity (Wildman–Crippen MR) is 156 cm³/mol. The largest absolute Gasteiger partial charge is 0.416 e. The predicted octanol–water partition coefficient (Wildman–Crippen LogP) is 7.15. The van der Waals surface area contributed by atoms with Crippen LogP contribution in [0.25, 0.3) is 10.8 Å². The first-order chi connectivity index (χ1) is 21.0. The number of nitrogens with one attached hydrogen (secondary N) is 1. The molecule has 0 fully saturated rings. The molecular formula is C32H28F6N2O4S. The highest BCUT2D eigenvalue weighted by molar-refractivity contribution is 7.90. The fraction of sp³-hybridized carbons (Fsp3) is 0.250. The molecule has 4 aromatic rings. The van der Waals surface area contributed by atoms with E-state index in [0.717, 1.165) is 15.7 Å². The van der Waals surface area contributed by atoms with Crippen molar-refractivity contribution in [1.29, 1.82) is 0 Å². The molecule has 4 aromatic carbocycles. The number of amides is 2. The van der Waals surface area contributed by atoms with Crippen LogP contribution in [0.15, 0.2) is 89.8 Å². The second-order valence-corrected chi connectivity index (χ2v) is 12.2. The maximum atomic E-state index is 13.5. The summed E-state index contributed by atoms with van der Waals surface area (Å²) in [6.07, 6.45) is -10.8. The number of alkyl halides is 6. The number of likely N-dealkylation sites (N-methyl/N-ethyl adjacent to an activating group) is 1. The molecule has 0 aliphatic heterocycles. The van der Waals surface area contributed by atoms with Crippen LogP contribution in [0.2, 0.25) is 0 Å². The first-order valence-electron chi connectivity index (χ1n) is 13.6. The van der Waals surface area contributed by atoms with Crippen molar-refractivity contribution in [1.82, 2.24) is 9.62 Å². The van der Waals surface area contributed by atoms with Crippen LogP contribution in [-0.4, -0.2) is 38.2 Å². The summed E-state index contributed by atoms with van der Waals surface area (Å²) in [6.45, 7) is 1.55. The minimum Gasteiger partial charge on any atom is -0.338 e. The van der Waals surface area contributed by atoms with Crippen molar-refractivity contribution in [3.63, 3.8) is 0 Å². The zero-order valence-electron chi connectivity index (χ0n) is 24.0. The smallest absolute Gasteiger partial charge is 0.338 e. The summed E-state index contributed by atoms with van der Waals surface area (Å²) in [5, 5.41) is 1.75. The number of carbonyl (C=O) groups is 2. The molecule has 13 heteroatoms. The lowest BCUT2D eigenvalue weighted by Gasteiger charge is -2.29. The summed E-state index contributed by atoms with van der Waals surface area (Å²) in [5.74, 6) is -2.04. The average molecular weight is 651 g/mol. The van der Waals surface area contributed by atoms with Crippen LogP contribution >= 0.6 is 0 Å². The maximum Gasteiger partial charge on any atom is 0.416 e. The Bertz CT molecular complexity index is 1810. The van der Waals surface area contributed by atoms with E-state index in [1.54, 1.807) is 25.1 Å². The Hall–Kier alpha value is -4.39. The van der Waals surface area contributed by atoms with Gasteiger partial charge >= 0.3 is 12.4 Å². The van der Waals surface area contributed by atoms with Gasteiger partial charge in [0, 0.05) is 25.1 Å². The molecular weight excluding hydrogens is 622 g/mol. The van der Waals surface area contributed by atoms with Crippen LogP contribution < -0.4 is 4.72 Å². The molecule has 2 amide bonds. The van der Waals surface area contributed by atoms with E-state index in [2.05, 4.69) is 0 Å². The van der Waals surface area contributed by atoms with Crippen LogP contribution in [-0.2, 0) is 33.6 Å². The van der Waals surface area contributed by atoms with E-state index in [1.807, 2.05) is 41.1 Å². The molecule has 0 aromatic heterocycles. The van der Waals surface area contributed by atoms with E-state index in [1.165, 1.54) is 19.2 Å². The lowest BCUT2D eigenvalue weighted by Crippen LogP contribution is -2.40. The Morgan fingerprint density at radius 1 is 0.800 bits per heavy atom. The summed E-state index contributed by atoms with van der Waals surface area (Å²) in [7, 11) is -3.02. The summed E-state index contributed by atoms with van der Waals surface area (Å²) < 4.78 is 108. The lowest BCUT2D eigenvalue weighted by atomic mass is 9.97. The van der Waals surface area contributed by atoms with E-state index in [9.17, 15) is 44.3 Å². The second kappa shape index (κ2) is 12.9. The van der Waals surface area contributed by atoms with Crippen molar-refractivity contribution in [2.24, 2.45) is 0 Å². The van der Waals surface area contributed by atoms with Gasteiger partial charge in [0.1, 0.15) is 0 Å². The Morgan fingerprint density at radius 3 is 1.98 bits per heavy atom. The minimum absolute atomic E-state index is 0.0655. The van der Waals surface area contributed by atoms with E-state index >= 15 is 0 Å². The molecule has 0 aliphatic rings. The van der Waals surface area contributed by atoms with Crippen molar-refractivity contribution in [3.05, 3.63) is 113 Å². The molecule has 0 radical (unpaired) electrons. The summed E-state index contributed by atoms with van der Waals surface area (Å²) in [6, 6.07) is 18.4. The SMILES string of the molecule is Cc1ccccc1S(=O)(=O)NC(=O)CCC(Cc1ccc2ccccc2c1)N(C)C(=O)c1cc(C(F)(F)F)cc(C(F)(F)F)c1. The van der Waals surface area contributed by atoms with Gasteiger partial charge in [0.25, 0.3) is 15.9 Å². The van der Waals surface area contributed by atoms with Crippen molar-refractivity contribution >= 4 is 32.6 Å². The molecule has 4 rings (SSSR count). The molecule has 45 heavy (non-hydrogen) atoms. The lowest BCUT2D eigenvalue weighted by molar-refractivity contribution is -0.143. The number of hydrogen-bond acceptors (Lipinski definition) is 4. The van der Waals surface area contributed by atoms with Gasteiger partial charge in [-0.2, -0.15) is 26.3 Å². The van der Waals surface area contributed by atoms with Crippen LogP contribution in [0, 0.1) is 6.92 Å². The fourth-order valence-electron chi connectivity index (χ4n) is 4.93. The highest BCUT2D eigenvalue weighted by atomic mass is 32.2. The van der Waals surface area contributed by atoms with Crippen LogP contribution in [0.1, 0.15) is 45.5 Å². The summed E-state index contributed by atoms with van der Waals surface area (Å²) in [4.78, 5) is 27.1. The molecule has 1 N–H and O–H groups in total. The van der Waals surface area contributed by atoms with E-state index in [-0.39, 0.29) is 23.8 Å². The highest BCUT2D eigenvalue weighted by Gasteiger charge is 2.38. The zero-order valence-corrected chi connectivity index (χ0v) is 24.9. The Labute approximate surface area is 255 Å². The van der Waals surface area contributed by atoms with Gasteiger partial charge in [0.15, 0.2) is 0 Å². The standard InChI is InChI=1S/C32H28F6N2O4S/c1-20-7-3-6-10-28(20)45(43,44)39-29(41)14-13-27(16-21-11-12-22-8-4-5-9-23(22)15-21)40(2)30(42)24-17-25(31(33,34)35)19-26(18-24)32(36,37)38/h3-12,15,17-19,27H,13-14,16H2,1-2H3,(H,39,41).